The number of ether oxygens (including phenoxy) is 2. The summed E-state index contributed by atoms with van der Waals surface area (Å²) in [5, 5.41) is 0. The van der Waals surface area contributed by atoms with Gasteiger partial charge in [-0.3, -0.25) is 9.59 Å². The molecule has 1 aliphatic rings. The first-order valence-corrected chi connectivity index (χ1v) is 3.03. The molecule has 0 radical (unpaired) electrons. The van der Waals surface area contributed by atoms with Crippen LogP contribution in [-0.4, -0.2) is 31.6 Å². The van der Waals surface area contributed by atoms with E-state index >= 15 is 0 Å². The number of hydrogen-bond acceptors (Lipinski definition) is 4. The van der Waals surface area contributed by atoms with E-state index in [4.69, 9.17) is 9.47 Å². The van der Waals surface area contributed by atoms with Gasteiger partial charge in [-0.25, -0.2) is 0 Å². The highest BCUT2D eigenvalue weighted by Gasteiger charge is 2.20. The van der Waals surface area contributed by atoms with Crippen molar-refractivity contribution in [2.24, 2.45) is 0 Å². The Kier molecular flexibility index (Phi) is 2.53. The van der Waals surface area contributed by atoms with Gasteiger partial charge in [0.25, 0.3) is 0 Å². The molecule has 1 rings (SSSR count). The zero-order valence-electron chi connectivity index (χ0n) is 5.41. The molecule has 1 aliphatic heterocycles. The third-order valence-electron chi connectivity index (χ3n) is 1.31. The van der Waals surface area contributed by atoms with Crippen molar-refractivity contribution < 1.29 is 19.1 Å². The van der Waals surface area contributed by atoms with Gasteiger partial charge in [0.1, 0.15) is 12.9 Å². The molecule has 1 saturated heterocycles. The number of Topliss-reactive ketones (excluding diaryl/α,β-unsaturated/α-hetero) is 1. The third kappa shape index (κ3) is 1.62. The molecule has 10 heavy (non-hydrogen) atoms. The Morgan fingerprint density at radius 1 is 1.60 bits per heavy atom. The monoisotopic (exact) mass is 144 g/mol. The number of carbonyl (C=O) groups is 2. The van der Waals surface area contributed by atoms with Crippen LogP contribution in [0.25, 0.3) is 0 Å². The Balaban J connectivity index is 2.38. The normalized spacial score (nSPS) is 25.8. The highest BCUT2D eigenvalue weighted by Crippen LogP contribution is 2.05. The molecule has 1 atom stereocenters. The zero-order chi connectivity index (χ0) is 7.40. The maximum absolute atomic E-state index is 10.6. The summed E-state index contributed by atoms with van der Waals surface area (Å²) in [5.74, 6) is -0.497. The van der Waals surface area contributed by atoms with Crippen molar-refractivity contribution in [2.45, 2.75) is 12.5 Å². The first-order chi connectivity index (χ1) is 4.84. The summed E-state index contributed by atoms with van der Waals surface area (Å²) < 4.78 is 9.63. The molecule has 0 N–H and O–H groups in total. The van der Waals surface area contributed by atoms with Crippen molar-refractivity contribution in [2.75, 3.05) is 13.4 Å². The first kappa shape index (κ1) is 7.37. The van der Waals surface area contributed by atoms with Crippen LogP contribution in [0.15, 0.2) is 0 Å². The highest BCUT2D eigenvalue weighted by atomic mass is 16.7. The largest absolute Gasteiger partial charge is 0.355 e. The third-order valence-corrected chi connectivity index (χ3v) is 1.31. The van der Waals surface area contributed by atoms with Crippen molar-refractivity contribution in [3.05, 3.63) is 0 Å². The molecule has 4 nitrogen and oxygen atoms in total. The van der Waals surface area contributed by atoms with Crippen molar-refractivity contribution in [1.29, 1.82) is 0 Å². The lowest BCUT2D eigenvalue weighted by Crippen LogP contribution is -2.31. The van der Waals surface area contributed by atoms with Gasteiger partial charge in [0.05, 0.1) is 6.61 Å². The Labute approximate surface area is 58.1 Å². The Morgan fingerprint density at radius 3 is 2.90 bits per heavy atom. The van der Waals surface area contributed by atoms with Crippen LogP contribution in [0.2, 0.25) is 0 Å². The van der Waals surface area contributed by atoms with Gasteiger partial charge < -0.3 is 9.47 Å². The molecular weight excluding hydrogens is 136 g/mol. The molecule has 0 amide bonds. The minimum Gasteiger partial charge on any atom is -0.355 e. The summed E-state index contributed by atoms with van der Waals surface area (Å²) in [7, 11) is 0. The second-order valence-corrected chi connectivity index (χ2v) is 1.99. The van der Waals surface area contributed by atoms with Crippen LogP contribution in [0.4, 0.5) is 0 Å². The Hall–Kier alpha value is -0.740. The summed E-state index contributed by atoms with van der Waals surface area (Å²) >= 11 is 0. The molecule has 0 aromatic carbocycles. The van der Waals surface area contributed by atoms with Crippen LogP contribution >= 0.6 is 0 Å². The smallest absolute Gasteiger partial charge is 0.224 e. The predicted molar refractivity (Wildman–Crippen MR) is 31.4 cm³/mol. The molecule has 0 aromatic heterocycles. The van der Waals surface area contributed by atoms with E-state index in [9.17, 15) is 9.59 Å². The van der Waals surface area contributed by atoms with Crippen LogP contribution in [0.1, 0.15) is 6.42 Å². The minimum absolute atomic E-state index is 0.115. The predicted octanol–water partition coefficient (Wildman–Crippen LogP) is -0.483. The maximum Gasteiger partial charge on any atom is 0.224 e. The van der Waals surface area contributed by atoms with Crippen molar-refractivity contribution >= 4 is 12.1 Å². The summed E-state index contributed by atoms with van der Waals surface area (Å²) in [6.45, 7) is 0.606. The van der Waals surface area contributed by atoms with Crippen LogP contribution in [-0.2, 0) is 19.1 Å². The molecule has 0 saturated carbocycles. The lowest BCUT2D eigenvalue weighted by Gasteiger charge is -2.19. The fourth-order valence-corrected chi connectivity index (χ4v) is 0.763. The SMILES string of the molecule is O=CC(=O)C1CCOCO1. The molecule has 1 unspecified atom stereocenters. The summed E-state index contributed by atoms with van der Waals surface area (Å²) in [4.78, 5) is 20.6. The number of hydrogen-bond donors (Lipinski definition) is 0. The maximum atomic E-state index is 10.6. The first-order valence-electron chi connectivity index (χ1n) is 3.03. The molecule has 1 heterocycles. The van der Waals surface area contributed by atoms with Crippen molar-refractivity contribution in [1.82, 2.24) is 0 Å². The topological polar surface area (TPSA) is 52.6 Å². The summed E-state index contributed by atoms with van der Waals surface area (Å²) in [5.41, 5.74) is 0. The van der Waals surface area contributed by atoms with Gasteiger partial charge in [0, 0.05) is 6.42 Å². The van der Waals surface area contributed by atoms with Gasteiger partial charge in [-0.05, 0) is 0 Å². The molecule has 0 aromatic rings. The fourth-order valence-electron chi connectivity index (χ4n) is 0.763. The Bertz CT molecular complexity index is 137. The standard InChI is InChI=1S/C6H8O4/c7-3-5(8)6-1-2-9-4-10-6/h3,6H,1-2,4H2. The number of carbonyl (C=O) groups excluding carboxylic acids is 2. The van der Waals surface area contributed by atoms with E-state index in [1.54, 1.807) is 0 Å². The van der Waals surface area contributed by atoms with Crippen LogP contribution in [0.5, 0.6) is 0 Å². The van der Waals surface area contributed by atoms with Gasteiger partial charge in [0.15, 0.2) is 6.29 Å². The molecule has 56 valence electrons. The van der Waals surface area contributed by atoms with E-state index in [1.807, 2.05) is 0 Å². The molecule has 0 aliphatic carbocycles. The van der Waals surface area contributed by atoms with E-state index in [1.165, 1.54) is 0 Å². The molecule has 0 bridgehead atoms. The number of ketones is 1. The number of aldehydes is 1. The van der Waals surface area contributed by atoms with E-state index in [2.05, 4.69) is 0 Å². The number of rotatable bonds is 2. The minimum atomic E-state index is -0.564. The van der Waals surface area contributed by atoms with Gasteiger partial charge >= 0.3 is 0 Å². The average molecular weight is 144 g/mol. The zero-order valence-corrected chi connectivity index (χ0v) is 5.41. The Morgan fingerprint density at radius 2 is 2.40 bits per heavy atom. The van der Waals surface area contributed by atoms with Crippen LogP contribution < -0.4 is 0 Å². The second-order valence-electron chi connectivity index (χ2n) is 1.99. The van der Waals surface area contributed by atoms with Gasteiger partial charge in [0.2, 0.25) is 5.78 Å². The molecule has 0 spiro atoms. The van der Waals surface area contributed by atoms with Crippen molar-refractivity contribution in [3.8, 4) is 0 Å². The van der Waals surface area contributed by atoms with E-state index < -0.39 is 11.9 Å². The molecule has 4 heteroatoms. The van der Waals surface area contributed by atoms with Gasteiger partial charge in [-0.2, -0.15) is 0 Å². The van der Waals surface area contributed by atoms with Crippen LogP contribution in [0.3, 0.4) is 0 Å². The second kappa shape index (κ2) is 3.43. The van der Waals surface area contributed by atoms with E-state index in [0.717, 1.165) is 0 Å². The van der Waals surface area contributed by atoms with E-state index in [0.29, 0.717) is 13.0 Å². The van der Waals surface area contributed by atoms with Gasteiger partial charge in [-0.15, -0.1) is 0 Å². The lowest BCUT2D eigenvalue weighted by atomic mass is 10.2. The molecule has 1 fully saturated rings. The van der Waals surface area contributed by atoms with Gasteiger partial charge in [-0.1, -0.05) is 0 Å². The quantitative estimate of drug-likeness (QED) is 0.388. The van der Waals surface area contributed by atoms with E-state index in [-0.39, 0.29) is 13.1 Å². The average Bonchev–Trinajstić information content (AvgIpc) is 2.05. The highest BCUT2D eigenvalue weighted by molar-refractivity contribution is 6.27. The van der Waals surface area contributed by atoms with Crippen LogP contribution in [0, 0.1) is 0 Å². The van der Waals surface area contributed by atoms with Crippen molar-refractivity contribution in [3.63, 3.8) is 0 Å². The fraction of sp³-hybridized carbons (Fsp3) is 0.667. The lowest BCUT2D eigenvalue weighted by molar-refractivity contribution is -0.162. The summed E-state index contributed by atoms with van der Waals surface area (Å²) in [6, 6.07) is 0. The summed E-state index contributed by atoms with van der Waals surface area (Å²) in [6.07, 6.45) is 0.208. The molecular formula is C6H8O4.